The molecule has 1 aliphatic heterocycles. The van der Waals surface area contributed by atoms with Crippen molar-refractivity contribution < 1.29 is 13.9 Å². The van der Waals surface area contributed by atoms with Gasteiger partial charge in [-0.25, -0.2) is 9.18 Å². The Morgan fingerprint density at radius 2 is 1.52 bits per heavy atom. The van der Waals surface area contributed by atoms with Gasteiger partial charge >= 0.3 is 5.97 Å². The van der Waals surface area contributed by atoms with Gasteiger partial charge in [-0.1, -0.05) is 24.3 Å². The van der Waals surface area contributed by atoms with Crippen molar-refractivity contribution in [2.45, 2.75) is 19.9 Å². The number of nitrogens with zero attached hydrogens (tertiary/aromatic N) is 2. The van der Waals surface area contributed by atoms with Crippen LogP contribution in [0.3, 0.4) is 0 Å². The van der Waals surface area contributed by atoms with Crippen molar-refractivity contribution >= 4 is 5.97 Å². The number of benzene rings is 2. The molecule has 4 nitrogen and oxygen atoms in total. The van der Waals surface area contributed by atoms with Crippen LogP contribution in [0.4, 0.5) is 4.39 Å². The number of hydrogen-bond donors (Lipinski definition) is 0. The number of piperazine rings is 1. The second kappa shape index (κ2) is 9.62. The van der Waals surface area contributed by atoms with Crippen LogP contribution in [-0.2, 0) is 17.7 Å². The number of ether oxygens (including phenoxy) is 1. The van der Waals surface area contributed by atoms with Crippen LogP contribution in [0, 0.1) is 5.82 Å². The van der Waals surface area contributed by atoms with Gasteiger partial charge in [0.1, 0.15) is 5.82 Å². The first kappa shape index (κ1) is 19.5. The van der Waals surface area contributed by atoms with Crippen molar-refractivity contribution in [1.82, 2.24) is 9.80 Å². The lowest BCUT2D eigenvalue weighted by molar-refractivity contribution is 0.0526. The van der Waals surface area contributed by atoms with E-state index in [1.54, 1.807) is 0 Å². The van der Waals surface area contributed by atoms with Gasteiger partial charge in [0.15, 0.2) is 0 Å². The second-order valence-electron chi connectivity index (χ2n) is 6.91. The van der Waals surface area contributed by atoms with Crippen LogP contribution >= 0.6 is 0 Å². The van der Waals surface area contributed by atoms with E-state index in [9.17, 15) is 9.18 Å². The summed E-state index contributed by atoms with van der Waals surface area (Å²) in [5.41, 5.74) is 3.00. The number of hydrogen-bond acceptors (Lipinski definition) is 4. The monoisotopic (exact) mass is 370 g/mol. The quantitative estimate of drug-likeness (QED) is 0.700. The molecule has 0 radical (unpaired) electrons. The Morgan fingerprint density at radius 3 is 2.15 bits per heavy atom. The summed E-state index contributed by atoms with van der Waals surface area (Å²) < 4.78 is 18.0. The SMILES string of the molecule is CCOC(=O)c1ccc(CCN2CCN(Cc3ccc(F)cc3)CC2)cc1. The normalized spacial score (nSPS) is 15.6. The summed E-state index contributed by atoms with van der Waals surface area (Å²) in [7, 11) is 0. The molecule has 1 heterocycles. The maximum atomic E-state index is 13.0. The molecule has 27 heavy (non-hydrogen) atoms. The zero-order valence-electron chi connectivity index (χ0n) is 15.9. The van der Waals surface area contributed by atoms with E-state index in [0.717, 1.165) is 51.3 Å². The maximum Gasteiger partial charge on any atom is 0.338 e. The number of carbonyl (C=O) groups is 1. The fraction of sp³-hybridized carbons (Fsp3) is 0.409. The van der Waals surface area contributed by atoms with E-state index in [-0.39, 0.29) is 11.8 Å². The lowest BCUT2D eigenvalue weighted by atomic mass is 10.1. The van der Waals surface area contributed by atoms with Gasteiger partial charge in [-0.15, -0.1) is 0 Å². The van der Waals surface area contributed by atoms with E-state index >= 15 is 0 Å². The predicted molar refractivity (Wildman–Crippen MR) is 104 cm³/mol. The fourth-order valence-electron chi connectivity index (χ4n) is 3.33. The standard InChI is InChI=1S/C22H27FN2O2/c1-2-27-22(26)20-7-3-18(4-8-20)11-12-24-13-15-25(16-14-24)17-19-5-9-21(23)10-6-19/h3-10H,2,11-17H2,1H3. The lowest BCUT2D eigenvalue weighted by Gasteiger charge is -2.34. The van der Waals surface area contributed by atoms with Gasteiger partial charge in [-0.2, -0.15) is 0 Å². The van der Waals surface area contributed by atoms with Gasteiger partial charge in [0.25, 0.3) is 0 Å². The third kappa shape index (κ3) is 5.88. The average Bonchev–Trinajstić information content (AvgIpc) is 2.70. The minimum Gasteiger partial charge on any atom is -0.462 e. The Hall–Kier alpha value is -2.24. The first-order chi connectivity index (χ1) is 13.1. The average molecular weight is 370 g/mol. The molecule has 144 valence electrons. The van der Waals surface area contributed by atoms with Gasteiger partial charge in [-0.05, 0) is 48.7 Å². The van der Waals surface area contributed by atoms with Gasteiger partial charge in [0.2, 0.25) is 0 Å². The summed E-state index contributed by atoms with van der Waals surface area (Å²) in [5.74, 6) is -0.444. The Balaban J connectivity index is 1.40. The van der Waals surface area contributed by atoms with Crippen molar-refractivity contribution in [3.63, 3.8) is 0 Å². The van der Waals surface area contributed by atoms with Crippen molar-refractivity contribution in [1.29, 1.82) is 0 Å². The molecule has 0 aliphatic carbocycles. The summed E-state index contributed by atoms with van der Waals surface area (Å²) in [6, 6.07) is 14.5. The minimum absolute atomic E-state index is 0.182. The number of esters is 1. The summed E-state index contributed by atoms with van der Waals surface area (Å²) >= 11 is 0. The zero-order chi connectivity index (χ0) is 19.1. The molecule has 0 saturated carbocycles. The fourth-order valence-corrected chi connectivity index (χ4v) is 3.33. The van der Waals surface area contributed by atoms with E-state index in [1.807, 2.05) is 43.3 Å². The number of halogens is 1. The zero-order valence-corrected chi connectivity index (χ0v) is 15.9. The van der Waals surface area contributed by atoms with E-state index in [2.05, 4.69) is 9.80 Å². The summed E-state index contributed by atoms with van der Waals surface area (Å²) in [6.45, 7) is 8.24. The van der Waals surface area contributed by atoms with Crippen LogP contribution < -0.4 is 0 Å². The molecular formula is C22H27FN2O2. The highest BCUT2D eigenvalue weighted by Crippen LogP contribution is 2.11. The van der Waals surface area contributed by atoms with Gasteiger partial charge in [0, 0.05) is 39.3 Å². The molecule has 0 N–H and O–H groups in total. The molecule has 0 spiro atoms. The minimum atomic E-state index is -0.263. The largest absolute Gasteiger partial charge is 0.462 e. The van der Waals surface area contributed by atoms with Crippen LogP contribution in [0.5, 0.6) is 0 Å². The Morgan fingerprint density at radius 1 is 0.926 bits per heavy atom. The lowest BCUT2D eigenvalue weighted by Crippen LogP contribution is -2.46. The van der Waals surface area contributed by atoms with Crippen LogP contribution in [0.15, 0.2) is 48.5 Å². The molecule has 1 fully saturated rings. The third-order valence-corrected chi connectivity index (χ3v) is 4.97. The van der Waals surface area contributed by atoms with Crippen molar-refractivity contribution in [2.24, 2.45) is 0 Å². The highest BCUT2D eigenvalue weighted by molar-refractivity contribution is 5.89. The third-order valence-electron chi connectivity index (χ3n) is 4.97. The highest BCUT2D eigenvalue weighted by Gasteiger charge is 2.17. The van der Waals surface area contributed by atoms with Gasteiger partial charge < -0.3 is 9.64 Å². The Kier molecular flexibility index (Phi) is 6.96. The van der Waals surface area contributed by atoms with Crippen LogP contribution in [-0.4, -0.2) is 55.1 Å². The van der Waals surface area contributed by atoms with Crippen molar-refractivity contribution in [2.75, 3.05) is 39.3 Å². The number of carbonyl (C=O) groups excluding carboxylic acids is 1. The molecule has 0 unspecified atom stereocenters. The van der Waals surface area contributed by atoms with Crippen LogP contribution in [0.2, 0.25) is 0 Å². The number of rotatable bonds is 7. The molecule has 3 rings (SSSR count). The summed E-state index contributed by atoms with van der Waals surface area (Å²) in [6.07, 6.45) is 0.973. The topological polar surface area (TPSA) is 32.8 Å². The molecule has 1 aliphatic rings. The maximum absolute atomic E-state index is 13.0. The highest BCUT2D eigenvalue weighted by atomic mass is 19.1. The molecule has 2 aromatic rings. The van der Waals surface area contributed by atoms with Crippen molar-refractivity contribution in [3.05, 3.63) is 71.0 Å². The molecule has 2 aromatic carbocycles. The molecule has 0 amide bonds. The van der Waals surface area contributed by atoms with E-state index in [4.69, 9.17) is 4.74 Å². The van der Waals surface area contributed by atoms with E-state index < -0.39 is 0 Å². The van der Waals surface area contributed by atoms with Crippen LogP contribution in [0.25, 0.3) is 0 Å². The molecule has 0 aromatic heterocycles. The smallest absolute Gasteiger partial charge is 0.338 e. The van der Waals surface area contributed by atoms with Gasteiger partial charge in [0.05, 0.1) is 12.2 Å². The molecular weight excluding hydrogens is 343 g/mol. The van der Waals surface area contributed by atoms with E-state index in [1.165, 1.54) is 17.7 Å². The van der Waals surface area contributed by atoms with Crippen LogP contribution in [0.1, 0.15) is 28.4 Å². The summed E-state index contributed by atoms with van der Waals surface area (Å²) in [5, 5.41) is 0. The van der Waals surface area contributed by atoms with Crippen molar-refractivity contribution in [3.8, 4) is 0 Å². The van der Waals surface area contributed by atoms with E-state index in [0.29, 0.717) is 12.2 Å². The molecule has 1 saturated heterocycles. The first-order valence-electron chi connectivity index (χ1n) is 9.59. The van der Waals surface area contributed by atoms with Gasteiger partial charge in [-0.3, -0.25) is 4.90 Å². The second-order valence-corrected chi connectivity index (χ2v) is 6.91. The Bertz CT molecular complexity index is 723. The first-order valence-corrected chi connectivity index (χ1v) is 9.59. The molecule has 0 atom stereocenters. The Labute approximate surface area is 160 Å². The molecule has 5 heteroatoms. The molecule has 0 bridgehead atoms. The summed E-state index contributed by atoms with van der Waals surface area (Å²) in [4.78, 5) is 16.6. The predicted octanol–water partition coefficient (Wildman–Crippen LogP) is 3.36.